The first-order chi connectivity index (χ1) is 21.2. The predicted octanol–water partition coefficient (Wildman–Crippen LogP) is 6.78. The first-order valence-electron chi connectivity index (χ1n) is 17.4. The summed E-state index contributed by atoms with van der Waals surface area (Å²) in [6, 6.07) is 0. The van der Waals surface area contributed by atoms with Crippen LogP contribution in [0.15, 0.2) is 24.3 Å². The lowest BCUT2D eigenvalue weighted by Gasteiger charge is -2.17. The van der Waals surface area contributed by atoms with E-state index in [1.54, 1.807) is 12.2 Å². The van der Waals surface area contributed by atoms with Gasteiger partial charge in [0.25, 0.3) is 0 Å². The molecule has 0 radical (unpaired) electrons. The molecule has 0 amide bonds. The highest BCUT2D eigenvalue weighted by molar-refractivity contribution is 5.86. The molecular formula is C36H62O8. The van der Waals surface area contributed by atoms with Crippen molar-refractivity contribution in [1.29, 1.82) is 0 Å². The Kier molecular flexibility index (Phi) is 22.9. The summed E-state index contributed by atoms with van der Waals surface area (Å²) < 4.78 is 10.5. The normalized spacial score (nSPS) is 20.8. The molecule has 0 bridgehead atoms. The van der Waals surface area contributed by atoms with Crippen molar-refractivity contribution in [1.82, 2.24) is 0 Å². The second kappa shape index (κ2) is 25.2. The number of hydrogen-bond acceptors (Lipinski definition) is 8. The van der Waals surface area contributed by atoms with Crippen LogP contribution in [-0.2, 0) is 23.9 Å². The first kappa shape index (κ1) is 40.0. The van der Waals surface area contributed by atoms with Gasteiger partial charge < -0.3 is 24.8 Å². The van der Waals surface area contributed by atoms with Crippen LogP contribution in [0.25, 0.3) is 0 Å². The number of carbonyl (C=O) groups is 3. The lowest BCUT2D eigenvalue weighted by molar-refractivity contribution is -0.161. The van der Waals surface area contributed by atoms with Gasteiger partial charge in [-0.25, -0.2) is 0 Å². The van der Waals surface area contributed by atoms with E-state index < -0.39 is 36.8 Å². The van der Waals surface area contributed by atoms with Crippen LogP contribution >= 0.6 is 0 Å². The van der Waals surface area contributed by atoms with Gasteiger partial charge in [-0.1, -0.05) is 109 Å². The number of Topliss-reactive ketones (excluding diaryl/α,β-unsaturated/α-hetero) is 1. The van der Waals surface area contributed by atoms with Crippen molar-refractivity contribution in [3.8, 4) is 0 Å². The van der Waals surface area contributed by atoms with Gasteiger partial charge >= 0.3 is 11.9 Å². The second-order valence-corrected chi connectivity index (χ2v) is 12.6. The van der Waals surface area contributed by atoms with Crippen LogP contribution in [-0.4, -0.2) is 64.6 Å². The number of rotatable bonds is 26. The van der Waals surface area contributed by atoms with Gasteiger partial charge in [-0.15, -0.1) is 0 Å². The molecule has 1 aliphatic carbocycles. The molecule has 1 rings (SSSR count). The number of unbranched alkanes of at least 4 members (excludes halogenated alkanes) is 8. The van der Waals surface area contributed by atoms with E-state index in [9.17, 15) is 29.7 Å². The maximum Gasteiger partial charge on any atom is 0.306 e. The topological polar surface area (TPSA) is 130 Å². The summed E-state index contributed by atoms with van der Waals surface area (Å²) in [4.78, 5) is 36.6. The van der Waals surface area contributed by atoms with Crippen molar-refractivity contribution >= 4 is 17.7 Å². The van der Waals surface area contributed by atoms with Crippen molar-refractivity contribution in [2.75, 3.05) is 13.2 Å². The smallest absolute Gasteiger partial charge is 0.306 e. The Labute approximate surface area is 266 Å². The van der Waals surface area contributed by atoms with Crippen molar-refractivity contribution in [2.24, 2.45) is 17.8 Å². The molecule has 8 heteroatoms. The highest BCUT2D eigenvalue weighted by atomic mass is 16.6. The molecule has 0 aromatic rings. The highest BCUT2D eigenvalue weighted by Crippen LogP contribution is 2.33. The Hall–Kier alpha value is -2.03. The number of carbonyl (C=O) groups excluding carboxylic acids is 3. The van der Waals surface area contributed by atoms with Gasteiger partial charge in [0.05, 0.1) is 18.8 Å². The summed E-state index contributed by atoms with van der Waals surface area (Å²) in [6.07, 6.45) is 20.4. The third-order valence-electron chi connectivity index (χ3n) is 8.66. The van der Waals surface area contributed by atoms with Gasteiger partial charge in [0, 0.05) is 31.1 Å². The summed E-state index contributed by atoms with van der Waals surface area (Å²) in [5, 5.41) is 30.1. The van der Waals surface area contributed by atoms with Gasteiger partial charge in [-0.05, 0) is 38.0 Å². The molecule has 1 fully saturated rings. The second-order valence-electron chi connectivity index (χ2n) is 12.6. The molecule has 1 unspecified atom stereocenters. The van der Waals surface area contributed by atoms with Crippen LogP contribution in [0.2, 0.25) is 0 Å². The third-order valence-corrected chi connectivity index (χ3v) is 8.66. The molecule has 0 aromatic carbocycles. The minimum Gasteiger partial charge on any atom is -0.462 e. The Balaban J connectivity index is 2.22. The Morgan fingerprint density at radius 1 is 0.932 bits per heavy atom. The highest BCUT2D eigenvalue weighted by Gasteiger charge is 2.39. The van der Waals surface area contributed by atoms with Gasteiger partial charge in [-0.3, -0.25) is 14.4 Å². The van der Waals surface area contributed by atoms with Gasteiger partial charge in [0.2, 0.25) is 0 Å². The fourth-order valence-corrected chi connectivity index (χ4v) is 5.51. The van der Waals surface area contributed by atoms with E-state index in [1.165, 1.54) is 32.1 Å². The standard InChI is InChI=1S/C36H62O8/c1-4-6-13-19-29(38)23-24-32-31(33(39)25-34(32)40)20-15-11-12-17-22-36(42)44-30(26-37)27-43-35(41)21-16-10-8-7-9-14-18-28(3)5-2/h11,15,23-24,28-33,37-39H,4-10,12-14,16-22,25-27H2,1-3H3/b15-11-,24-23+/t28?,29-,30-,31+,32+,33-/m0/s1. The van der Waals surface area contributed by atoms with Gasteiger partial charge in [-0.2, -0.15) is 0 Å². The molecule has 0 aromatic heterocycles. The fourth-order valence-electron chi connectivity index (χ4n) is 5.51. The molecule has 0 aliphatic heterocycles. The summed E-state index contributed by atoms with van der Waals surface area (Å²) in [7, 11) is 0. The molecule has 0 spiro atoms. The Morgan fingerprint density at radius 2 is 1.61 bits per heavy atom. The summed E-state index contributed by atoms with van der Waals surface area (Å²) in [5.41, 5.74) is 0. The summed E-state index contributed by atoms with van der Waals surface area (Å²) >= 11 is 0. The van der Waals surface area contributed by atoms with Crippen LogP contribution < -0.4 is 0 Å². The number of allylic oxidation sites excluding steroid dienone is 3. The van der Waals surface area contributed by atoms with Crippen molar-refractivity contribution in [3.05, 3.63) is 24.3 Å². The quantitative estimate of drug-likeness (QED) is 0.0547. The zero-order chi connectivity index (χ0) is 32.6. The van der Waals surface area contributed by atoms with Crippen molar-refractivity contribution < 1.29 is 39.2 Å². The molecule has 0 heterocycles. The van der Waals surface area contributed by atoms with E-state index >= 15 is 0 Å². The zero-order valence-corrected chi connectivity index (χ0v) is 27.8. The van der Waals surface area contributed by atoms with E-state index in [1.807, 2.05) is 12.2 Å². The van der Waals surface area contributed by atoms with Crippen LogP contribution in [0.3, 0.4) is 0 Å². The van der Waals surface area contributed by atoms with Gasteiger partial charge in [0.1, 0.15) is 12.4 Å². The summed E-state index contributed by atoms with van der Waals surface area (Å²) in [6.45, 7) is 6.07. The number of ether oxygens (including phenoxy) is 2. The summed E-state index contributed by atoms with van der Waals surface area (Å²) in [5.74, 6) is -0.615. The lowest BCUT2D eigenvalue weighted by Crippen LogP contribution is -2.28. The van der Waals surface area contributed by atoms with Crippen LogP contribution in [0.4, 0.5) is 0 Å². The van der Waals surface area contributed by atoms with Crippen LogP contribution in [0, 0.1) is 17.8 Å². The van der Waals surface area contributed by atoms with E-state index in [0.29, 0.717) is 32.1 Å². The average molecular weight is 623 g/mol. The predicted molar refractivity (Wildman–Crippen MR) is 174 cm³/mol. The number of aliphatic hydroxyl groups is 3. The Bertz CT molecular complexity index is 838. The minimum atomic E-state index is -0.871. The number of aliphatic hydroxyl groups excluding tert-OH is 3. The molecular weight excluding hydrogens is 560 g/mol. The maximum atomic E-state index is 12.4. The first-order valence-corrected chi connectivity index (χ1v) is 17.4. The molecule has 1 aliphatic rings. The fraction of sp³-hybridized carbons (Fsp3) is 0.806. The van der Waals surface area contributed by atoms with E-state index in [4.69, 9.17) is 9.47 Å². The van der Waals surface area contributed by atoms with E-state index in [2.05, 4.69) is 20.8 Å². The SMILES string of the molecule is CCCCC[C@H](O)/C=C/[C@H]1C(=O)C[C@H](O)[C@@H]1C/C=C\CCCC(=O)O[C@@H](CO)COC(=O)CCCCCCCCC(C)CC. The number of esters is 2. The Morgan fingerprint density at radius 3 is 2.32 bits per heavy atom. The molecule has 44 heavy (non-hydrogen) atoms. The average Bonchev–Trinajstić information content (AvgIpc) is 3.28. The van der Waals surface area contributed by atoms with E-state index in [-0.39, 0.29) is 37.1 Å². The molecule has 0 saturated heterocycles. The van der Waals surface area contributed by atoms with Crippen LogP contribution in [0.1, 0.15) is 136 Å². The van der Waals surface area contributed by atoms with Crippen molar-refractivity contribution in [2.45, 2.75) is 155 Å². The van der Waals surface area contributed by atoms with Gasteiger partial charge in [0.15, 0.2) is 6.10 Å². The monoisotopic (exact) mass is 622 g/mol. The largest absolute Gasteiger partial charge is 0.462 e. The molecule has 6 atom stereocenters. The minimum absolute atomic E-state index is 0.00185. The maximum absolute atomic E-state index is 12.4. The lowest BCUT2D eigenvalue weighted by atomic mass is 9.90. The molecule has 8 nitrogen and oxygen atoms in total. The zero-order valence-electron chi connectivity index (χ0n) is 27.8. The molecule has 254 valence electrons. The molecule has 3 N–H and O–H groups in total. The number of ketones is 1. The van der Waals surface area contributed by atoms with E-state index in [0.717, 1.165) is 44.4 Å². The third kappa shape index (κ3) is 18.7. The number of hydrogen-bond donors (Lipinski definition) is 3. The molecule has 1 saturated carbocycles. The van der Waals surface area contributed by atoms with Crippen molar-refractivity contribution in [3.63, 3.8) is 0 Å². The van der Waals surface area contributed by atoms with Crippen LogP contribution in [0.5, 0.6) is 0 Å².